The number of hydrogen-bond donors (Lipinski definition) is 2. The Bertz CT molecular complexity index is 132. The minimum absolute atomic E-state index is 0. The van der Waals surface area contributed by atoms with Crippen LogP contribution in [0.15, 0.2) is 0 Å². The summed E-state index contributed by atoms with van der Waals surface area (Å²) in [4.78, 5) is 10.3. The molecule has 0 aliphatic rings. The maximum absolute atomic E-state index is 10.3. The van der Waals surface area contributed by atoms with Crippen molar-refractivity contribution in [1.82, 2.24) is 5.32 Å². The molecule has 0 amide bonds. The van der Waals surface area contributed by atoms with Crippen LogP contribution in [-0.2, 0) is 9.53 Å². The Kier molecular flexibility index (Phi) is 8.69. The van der Waals surface area contributed by atoms with Crippen LogP contribution >= 0.6 is 12.4 Å². The fraction of sp³-hybridized carbons (Fsp3) is 0.857. The first kappa shape index (κ1) is 14.2. The van der Waals surface area contributed by atoms with E-state index in [2.05, 4.69) is 5.32 Å². The lowest BCUT2D eigenvalue weighted by molar-refractivity contribution is -0.139. The van der Waals surface area contributed by atoms with Crippen molar-refractivity contribution in [3.05, 3.63) is 0 Å². The van der Waals surface area contributed by atoms with E-state index in [0.29, 0.717) is 6.54 Å². The molecule has 0 aromatic rings. The molecule has 0 aliphatic carbocycles. The quantitative estimate of drug-likeness (QED) is 0.674. The molecule has 4 nitrogen and oxygen atoms in total. The highest BCUT2D eigenvalue weighted by Gasteiger charge is 2.10. The van der Waals surface area contributed by atoms with E-state index in [9.17, 15) is 4.79 Å². The van der Waals surface area contributed by atoms with Gasteiger partial charge in [-0.15, -0.1) is 12.4 Å². The van der Waals surface area contributed by atoms with Gasteiger partial charge in [-0.2, -0.15) is 0 Å². The third-order valence-corrected chi connectivity index (χ3v) is 1.48. The fourth-order valence-electron chi connectivity index (χ4n) is 0.513. The Morgan fingerprint density at radius 3 is 2.42 bits per heavy atom. The highest BCUT2D eigenvalue weighted by molar-refractivity contribution is 5.85. The van der Waals surface area contributed by atoms with Crippen LogP contribution in [0.3, 0.4) is 0 Å². The van der Waals surface area contributed by atoms with Gasteiger partial charge in [0, 0.05) is 13.7 Å². The standard InChI is InChI=1S/C7H15NO3.ClH/c1-5(11-3)4-8-6(2)7(9)10;/h5-6,8H,4H2,1-3H3,(H,9,10);1H/t5?,6-;/m1./s1. The molecular formula is C7H16ClNO3. The zero-order chi connectivity index (χ0) is 8.85. The second-order valence-corrected chi connectivity index (χ2v) is 2.51. The minimum Gasteiger partial charge on any atom is -0.480 e. The molecule has 0 aliphatic heterocycles. The maximum atomic E-state index is 10.3. The molecule has 0 heterocycles. The van der Waals surface area contributed by atoms with E-state index < -0.39 is 12.0 Å². The Labute approximate surface area is 78.7 Å². The molecular weight excluding hydrogens is 182 g/mol. The lowest BCUT2D eigenvalue weighted by Gasteiger charge is -2.13. The van der Waals surface area contributed by atoms with Crippen LogP contribution in [0.2, 0.25) is 0 Å². The normalized spacial score (nSPS) is 14.6. The SMILES string of the molecule is COC(C)CN[C@H](C)C(=O)O.Cl. The van der Waals surface area contributed by atoms with Crippen molar-refractivity contribution in [2.24, 2.45) is 0 Å². The first-order valence-electron chi connectivity index (χ1n) is 3.57. The van der Waals surface area contributed by atoms with Gasteiger partial charge in [0.15, 0.2) is 0 Å². The largest absolute Gasteiger partial charge is 0.480 e. The van der Waals surface area contributed by atoms with Crippen molar-refractivity contribution in [1.29, 1.82) is 0 Å². The van der Waals surface area contributed by atoms with Gasteiger partial charge in [-0.05, 0) is 13.8 Å². The summed E-state index contributed by atoms with van der Waals surface area (Å²) in [5.74, 6) is -0.840. The molecule has 12 heavy (non-hydrogen) atoms. The van der Waals surface area contributed by atoms with Gasteiger partial charge in [-0.1, -0.05) is 0 Å². The van der Waals surface area contributed by atoms with E-state index in [0.717, 1.165) is 0 Å². The van der Waals surface area contributed by atoms with Crippen molar-refractivity contribution >= 4 is 18.4 Å². The molecule has 0 rings (SSSR count). The topological polar surface area (TPSA) is 58.6 Å². The molecule has 0 saturated carbocycles. The molecule has 74 valence electrons. The van der Waals surface area contributed by atoms with E-state index >= 15 is 0 Å². The second-order valence-electron chi connectivity index (χ2n) is 2.51. The molecule has 2 N–H and O–H groups in total. The Morgan fingerprint density at radius 1 is 1.58 bits per heavy atom. The first-order valence-corrected chi connectivity index (χ1v) is 3.57. The number of aliphatic carboxylic acids is 1. The predicted molar refractivity (Wildman–Crippen MR) is 48.8 cm³/mol. The van der Waals surface area contributed by atoms with Gasteiger partial charge in [0.1, 0.15) is 6.04 Å². The molecule has 2 atom stereocenters. The highest BCUT2D eigenvalue weighted by Crippen LogP contribution is 1.86. The van der Waals surface area contributed by atoms with E-state index in [-0.39, 0.29) is 18.5 Å². The van der Waals surface area contributed by atoms with E-state index in [1.54, 1.807) is 14.0 Å². The molecule has 0 aromatic heterocycles. The van der Waals surface area contributed by atoms with Gasteiger partial charge in [-0.25, -0.2) is 0 Å². The number of carboxylic acids is 1. The summed E-state index contributed by atoms with van der Waals surface area (Å²) >= 11 is 0. The van der Waals surface area contributed by atoms with Crippen LogP contribution in [0.4, 0.5) is 0 Å². The van der Waals surface area contributed by atoms with Gasteiger partial charge in [0.05, 0.1) is 6.10 Å². The summed E-state index contributed by atoms with van der Waals surface area (Å²) in [7, 11) is 1.60. The number of carboxylic acid groups (broad SMARTS) is 1. The molecule has 0 spiro atoms. The van der Waals surface area contributed by atoms with Gasteiger partial charge in [-0.3, -0.25) is 4.79 Å². The number of hydrogen-bond acceptors (Lipinski definition) is 3. The summed E-state index contributed by atoms with van der Waals surface area (Å²) in [5.41, 5.74) is 0. The van der Waals surface area contributed by atoms with Crippen molar-refractivity contribution < 1.29 is 14.6 Å². The van der Waals surface area contributed by atoms with Crippen LogP contribution in [-0.4, -0.2) is 36.9 Å². The summed E-state index contributed by atoms with van der Waals surface area (Å²) in [6.07, 6.45) is 0.0526. The smallest absolute Gasteiger partial charge is 0.320 e. The molecule has 0 radical (unpaired) electrons. The summed E-state index contributed by atoms with van der Waals surface area (Å²) < 4.78 is 4.92. The van der Waals surface area contributed by atoms with Gasteiger partial charge < -0.3 is 15.2 Å². The number of rotatable bonds is 5. The zero-order valence-electron chi connectivity index (χ0n) is 7.53. The van der Waals surface area contributed by atoms with Crippen LogP contribution < -0.4 is 5.32 Å². The Morgan fingerprint density at radius 2 is 2.08 bits per heavy atom. The van der Waals surface area contributed by atoms with Crippen LogP contribution in [0.1, 0.15) is 13.8 Å². The summed E-state index contributed by atoms with van der Waals surface area (Å²) in [6.45, 7) is 4.04. The number of halogens is 1. The molecule has 0 bridgehead atoms. The maximum Gasteiger partial charge on any atom is 0.320 e. The molecule has 0 aromatic carbocycles. The van der Waals surface area contributed by atoms with Gasteiger partial charge in [0.25, 0.3) is 0 Å². The molecule has 5 heteroatoms. The Hall–Kier alpha value is -0.320. The van der Waals surface area contributed by atoms with Gasteiger partial charge >= 0.3 is 5.97 Å². The van der Waals surface area contributed by atoms with Crippen molar-refractivity contribution in [3.63, 3.8) is 0 Å². The van der Waals surface area contributed by atoms with Crippen molar-refractivity contribution in [3.8, 4) is 0 Å². The minimum atomic E-state index is -0.840. The molecule has 1 unspecified atom stereocenters. The lowest BCUT2D eigenvalue weighted by atomic mass is 10.3. The van der Waals surface area contributed by atoms with E-state index in [1.807, 2.05) is 6.92 Å². The van der Waals surface area contributed by atoms with Crippen molar-refractivity contribution in [2.75, 3.05) is 13.7 Å². The molecule has 0 fully saturated rings. The lowest BCUT2D eigenvalue weighted by Crippen LogP contribution is -2.38. The second kappa shape index (κ2) is 7.34. The fourth-order valence-corrected chi connectivity index (χ4v) is 0.513. The third kappa shape index (κ3) is 6.39. The number of nitrogens with one attached hydrogen (secondary N) is 1. The first-order chi connectivity index (χ1) is 5.07. The number of carbonyl (C=O) groups is 1. The van der Waals surface area contributed by atoms with Crippen LogP contribution in [0, 0.1) is 0 Å². The van der Waals surface area contributed by atoms with Gasteiger partial charge in [0.2, 0.25) is 0 Å². The monoisotopic (exact) mass is 197 g/mol. The van der Waals surface area contributed by atoms with Crippen LogP contribution in [0.25, 0.3) is 0 Å². The number of methoxy groups -OCH3 is 1. The zero-order valence-corrected chi connectivity index (χ0v) is 8.35. The average molecular weight is 198 g/mol. The Balaban J connectivity index is 0. The van der Waals surface area contributed by atoms with E-state index in [1.165, 1.54) is 0 Å². The third-order valence-electron chi connectivity index (χ3n) is 1.48. The summed E-state index contributed by atoms with van der Waals surface area (Å²) in [5, 5.41) is 11.3. The van der Waals surface area contributed by atoms with E-state index in [4.69, 9.17) is 9.84 Å². The summed E-state index contributed by atoms with van der Waals surface area (Å²) in [6, 6.07) is -0.507. The number of ether oxygens (including phenoxy) is 1. The predicted octanol–water partition coefficient (Wildman–Crippen LogP) is 0.506. The van der Waals surface area contributed by atoms with Crippen LogP contribution in [0.5, 0.6) is 0 Å². The van der Waals surface area contributed by atoms with Crippen molar-refractivity contribution in [2.45, 2.75) is 26.0 Å². The average Bonchev–Trinajstić information content (AvgIpc) is 1.99. The highest BCUT2D eigenvalue weighted by atomic mass is 35.5. The molecule has 0 saturated heterocycles.